The van der Waals surface area contributed by atoms with Crippen LogP contribution in [0.3, 0.4) is 0 Å². The number of hydroxylamine groups is 1. The smallest absolute Gasteiger partial charge is 0.261 e. The standard InChI is InChI=1S/C9H6ClNO3S.C9H9NO2/c10-15(12,13)8-3-4-9-7(6-8)2-1-5-11-14-9;11-10-5-6-12-9-4-2-1-3-8(9)7-10/h1-6H;1-4,7H,5-6H2. The molecule has 4 rings (SSSR count). The van der Waals surface area contributed by atoms with E-state index in [2.05, 4.69) is 5.16 Å². The van der Waals surface area contributed by atoms with E-state index in [1.807, 2.05) is 24.3 Å². The van der Waals surface area contributed by atoms with Crippen LogP contribution in [0.1, 0.15) is 11.1 Å². The van der Waals surface area contributed by atoms with Gasteiger partial charge in [-0.15, -0.1) is 0 Å². The molecule has 2 heterocycles. The van der Waals surface area contributed by atoms with Gasteiger partial charge in [-0.1, -0.05) is 17.3 Å². The molecule has 2 aliphatic rings. The van der Waals surface area contributed by atoms with Gasteiger partial charge >= 0.3 is 0 Å². The molecule has 27 heavy (non-hydrogen) atoms. The van der Waals surface area contributed by atoms with Gasteiger partial charge in [-0.2, -0.15) is 0 Å². The van der Waals surface area contributed by atoms with E-state index in [1.54, 1.807) is 18.4 Å². The second-order valence-electron chi connectivity index (χ2n) is 5.50. The van der Waals surface area contributed by atoms with Crippen LogP contribution in [0.5, 0.6) is 11.5 Å². The van der Waals surface area contributed by atoms with Crippen molar-refractivity contribution in [2.24, 2.45) is 5.16 Å². The normalized spacial score (nSPS) is 14.8. The number of para-hydroxylation sites is 1. The Balaban J connectivity index is 0.000000159. The number of nitrogens with zero attached hydrogens (tertiary/aromatic N) is 2. The van der Waals surface area contributed by atoms with Crippen LogP contribution >= 0.6 is 10.7 Å². The molecule has 0 N–H and O–H groups in total. The highest BCUT2D eigenvalue weighted by molar-refractivity contribution is 8.13. The fraction of sp³-hybridized carbons (Fsp3) is 0.111. The average Bonchev–Trinajstić information content (AvgIpc) is 2.98. The minimum Gasteiger partial charge on any atom is -0.624 e. The Morgan fingerprint density at radius 3 is 2.74 bits per heavy atom. The van der Waals surface area contributed by atoms with Crippen molar-refractivity contribution in [3.8, 4) is 11.5 Å². The highest BCUT2D eigenvalue weighted by Gasteiger charge is 2.13. The molecule has 0 saturated heterocycles. The largest absolute Gasteiger partial charge is 0.624 e. The maximum atomic E-state index is 11.1. The summed E-state index contributed by atoms with van der Waals surface area (Å²) in [6.07, 6.45) is 6.37. The number of benzene rings is 2. The van der Waals surface area contributed by atoms with Crippen molar-refractivity contribution in [1.29, 1.82) is 0 Å². The van der Waals surface area contributed by atoms with Crippen LogP contribution in [-0.2, 0) is 9.05 Å². The molecule has 0 amide bonds. The number of hydrogen-bond donors (Lipinski definition) is 0. The van der Waals surface area contributed by atoms with Gasteiger partial charge in [0.15, 0.2) is 18.5 Å². The Morgan fingerprint density at radius 2 is 1.93 bits per heavy atom. The molecule has 0 saturated carbocycles. The van der Waals surface area contributed by atoms with Crippen LogP contribution in [0.2, 0.25) is 0 Å². The number of fused-ring (bicyclic) bond motifs is 2. The van der Waals surface area contributed by atoms with E-state index in [4.69, 9.17) is 20.3 Å². The summed E-state index contributed by atoms with van der Waals surface area (Å²) in [5.74, 6) is 1.28. The summed E-state index contributed by atoms with van der Waals surface area (Å²) >= 11 is 0. The molecule has 2 aromatic rings. The van der Waals surface area contributed by atoms with Crippen LogP contribution in [0.15, 0.2) is 58.6 Å². The van der Waals surface area contributed by atoms with E-state index in [9.17, 15) is 13.6 Å². The van der Waals surface area contributed by atoms with Crippen LogP contribution in [0.4, 0.5) is 0 Å². The van der Waals surface area contributed by atoms with E-state index in [-0.39, 0.29) is 4.90 Å². The van der Waals surface area contributed by atoms with Crippen molar-refractivity contribution in [2.45, 2.75) is 4.90 Å². The van der Waals surface area contributed by atoms with Gasteiger partial charge in [-0.3, -0.25) is 0 Å². The van der Waals surface area contributed by atoms with Gasteiger partial charge in [0.2, 0.25) is 0 Å². The van der Waals surface area contributed by atoms with Crippen LogP contribution in [0, 0.1) is 5.21 Å². The van der Waals surface area contributed by atoms with Gasteiger partial charge in [0.05, 0.1) is 16.7 Å². The summed E-state index contributed by atoms with van der Waals surface area (Å²) < 4.78 is 28.4. The van der Waals surface area contributed by atoms with Gasteiger partial charge in [0.25, 0.3) is 9.05 Å². The number of oxime groups is 1. The highest BCUT2D eigenvalue weighted by Crippen LogP contribution is 2.26. The van der Waals surface area contributed by atoms with Crippen molar-refractivity contribution in [3.63, 3.8) is 0 Å². The maximum absolute atomic E-state index is 11.1. The first kappa shape index (κ1) is 18.9. The van der Waals surface area contributed by atoms with Crippen molar-refractivity contribution < 1.29 is 22.7 Å². The summed E-state index contributed by atoms with van der Waals surface area (Å²) in [4.78, 5) is 5.03. The van der Waals surface area contributed by atoms with Gasteiger partial charge in [-0.05, 0) is 42.5 Å². The summed E-state index contributed by atoms with van der Waals surface area (Å²) in [6.45, 7) is 0.853. The third-order valence-corrected chi connectivity index (χ3v) is 4.96. The first-order valence-electron chi connectivity index (χ1n) is 7.90. The first-order valence-corrected chi connectivity index (χ1v) is 10.2. The predicted molar refractivity (Wildman–Crippen MR) is 103 cm³/mol. The summed E-state index contributed by atoms with van der Waals surface area (Å²) in [5.41, 5.74) is 1.47. The van der Waals surface area contributed by atoms with Crippen molar-refractivity contribution in [2.75, 3.05) is 13.2 Å². The second kappa shape index (κ2) is 8.24. The lowest BCUT2D eigenvalue weighted by Gasteiger charge is -2.03. The average molecular weight is 407 g/mol. The molecular weight excluding hydrogens is 392 g/mol. The maximum Gasteiger partial charge on any atom is 0.261 e. The minimum atomic E-state index is -3.71. The Hall–Kier alpha value is -2.84. The summed E-state index contributed by atoms with van der Waals surface area (Å²) in [7, 11) is 1.51. The van der Waals surface area contributed by atoms with Crippen LogP contribution in [0.25, 0.3) is 6.08 Å². The molecule has 0 bridgehead atoms. The van der Waals surface area contributed by atoms with E-state index in [0.29, 0.717) is 24.5 Å². The van der Waals surface area contributed by atoms with Gasteiger partial charge in [0, 0.05) is 16.2 Å². The SMILES string of the molecule is O=S(=O)(Cl)c1ccc2c(c1)C=CC=NO2.[O-][N+]1=Cc2ccccc2OCC1. The molecular formula is C18H15ClN2O5S. The molecule has 0 fully saturated rings. The third kappa shape index (κ3) is 5.08. The first-order chi connectivity index (χ1) is 12.9. The summed E-state index contributed by atoms with van der Waals surface area (Å²) in [6, 6.07) is 11.8. The number of allylic oxidation sites excluding steroid dienone is 1. The quantitative estimate of drug-likeness (QED) is 0.412. The molecule has 0 atom stereocenters. The van der Waals surface area contributed by atoms with Crippen molar-refractivity contribution >= 4 is 38.2 Å². The Morgan fingerprint density at radius 1 is 1.11 bits per heavy atom. The Bertz CT molecular complexity index is 1030. The topological polar surface area (TPSA) is 91.0 Å². The zero-order valence-electron chi connectivity index (χ0n) is 14.0. The zero-order valence-corrected chi connectivity index (χ0v) is 15.6. The molecule has 0 spiro atoms. The Kier molecular flexibility index (Phi) is 5.78. The number of halogens is 1. The molecule has 0 unspecified atom stereocenters. The molecule has 0 aliphatic carbocycles. The second-order valence-corrected chi connectivity index (χ2v) is 8.06. The van der Waals surface area contributed by atoms with Crippen LogP contribution in [-0.4, -0.2) is 38.7 Å². The van der Waals surface area contributed by atoms with E-state index in [1.165, 1.54) is 24.4 Å². The van der Waals surface area contributed by atoms with Gasteiger partial charge in [0.1, 0.15) is 12.4 Å². The fourth-order valence-electron chi connectivity index (χ4n) is 2.34. The van der Waals surface area contributed by atoms with E-state index < -0.39 is 9.05 Å². The van der Waals surface area contributed by atoms with Crippen LogP contribution < -0.4 is 9.57 Å². The van der Waals surface area contributed by atoms with Gasteiger partial charge < -0.3 is 14.8 Å². The van der Waals surface area contributed by atoms with E-state index in [0.717, 1.165) is 16.1 Å². The molecule has 7 nitrogen and oxygen atoms in total. The lowest BCUT2D eigenvalue weighted by atomic mass is 10.2. The zero-order chi connectivity index (χ0) is 19.3. The lowest BCUT2D eigenvalue weighted by molar-refractivity contribution is -0.453. The Labute approximate surface area is 160 Å². The molecule has 2 aromatic carbocycles. The highest BCUT2D eigenvalue weighted by atomic mass is 35.7. The fourth-order valence-corrected chi connectivity index (χ4v) is 3.13. The molecule has 140 valence electrons. The van der Waals surface area contributed by atoms with Crippen molar-refractivity contribution in [3.05, 3.63) is 64.9 Å². The number of hydrogen-bond acceptors (Lipinski definition) is 6. The predicted octanol–water partition coefficient (Wildman–Crippen LogP) is 3.01. The molecule has 9 heteroatoms. The van der Waals surface area contributed by atoms with E-state index >= 15 is 0 Å². The van der Waals surface area contributed by atoms with Crippen molar-refractivity contribution in [1.82, 2.24) is 0 Å². The number of ether oxygens (including phenoxy) is 1. The molecule has 2 aliphatic heterocycles. The molecule has 0 aromatic heterocycles. The third-order valence-electron chi connectivity index (χ3n) is 3.61. The minimum absolute atomic E-state index is 0.0399. The summed E-state index contributed by atoms with van der Waals surface area (Å²) in [5, 5.41) is 14.6. The molecule has 0 radical (unpaired) electrons. The monoisotopic (exact) mass is 406 g/mol. The number of rotatable bonds is 1. The lowest BCUT2D eigenvalue weighted by Crippen LogP contribution is -2.10. The van der Waals surface area contributed by atoms with Gasteiger partial charge in [-0.25, -0.2) is 13.2 Å².